The van der Waals surface area contributed by atoms with Crippen LogP contribution in [0.2, 0.25) is 0 Å². The van der Waals surface area contributed by atoms with Gasteiger partial charge < -0.3 is 15.6 Å². The van der Waals surface area contributed by atoms with Crippen molar-refractivity contribution in [3.63, 3.8) is 0 Å². The average molecular weight is 211 g/mol. The minimum atomic E-state index is -0.121. The summed E-state index contributed by atoms with van der Waals surface area (Å²) in [7, 11) is 0. The summed E-state index contributed by atoms with van der Waals surface area (Å²) in [6.07, 6.45) is 2.16. The minimum Gasteiger partial charge on any atom is -0.360 e. The number of rotatable bonds is 5. The maximum atomic E-state index is 11.4. The Hall–Kier alpha value is -1.36. The van der Waals surface area contributed by atoms with E-state index in [9.17, 15) is 4.79 Å². The van der Waals surface area contributed by atoms with Gasteiger partial charge in [0.15, 0.2) is 5.82 Å². The third-order valence-electron chi connectivity index (χ3n) is 2.00. The molecule has 1 aromatic rings. The highest BCUT2D eigenvalue weighted by molar-refractivity contribution is 5.90. The molecular formula is C10H17N3O2. The van der Waals surface area contributed by atoms with E-state index in [1.54, 1.807) is 13.0 Å². The number of anilines is 1. The zero-order valence-electron chi connectivity index (χ0n) is 9.12. The molecule has 0 aliphatic carbocycles. The molecule has 0 radical (unpaired) electrons. The summed E-state index contributed by atoms with van der Waals surface area (Å²) < 4.78 is 4.82. The molecule has 1 rings (SSSR count). The molecule has 84 valence electrons. The van der Waals surface area contributed by atoms with Crippen LogP contribution < -0.4 is 11.1 Å². The third kappa shape index (κ3) is 4.12. The summed E-state index contributed by atoms with van der Waals surface area (Å²) in [5, 5.41) is 6.29. The van der Waals surface area contributed by atoms with Crippen LogP contribution in [0.15, 0.2) is 10.6 Å². The number of nitrogens with two attached hydrogens (primary N) is 1. The van der Waals surface area contributed by atoms with Crippen molar-refractivity contribution in [3.8, 4) is 0 Å². The molecule has 0 aromatic carbocycles. The van der Waals surface area contributed by atoms with Gasteiger partial charge in [0.2, 0.25) is 5.91 Å². The Labute approximate surface area is 89.0 Å². The van der Waals surface area contributed by atoms with E-state index in [0.29, 0.717) is 18.0 Å². The first-order valence-electron chi connectivity index (χ1n) is 5.10. The predicted molar refractivity (Wildman–Crippen MR) is 57.4 cm³/mol. The van der Waals surface area contributed by atoms with Crippen molar-refractivity contribution in [2.24, 2.45) is 5.73 Å². The van der Waals surface area contributed by atoms with Crippen LogP contribution in [-0.4, -0.2) is 17.1 Å². The van der Waals surface area contributed by atoms with Gasteiger partial charge in [-0.05, 0) is 13.3 Å². The number of hydrogen-bond donors (Lipinski definition) is 2. The Balaban J connectivity index is 2.36. The first-order valence-corrected chi connectivity index (χ1v) is 5.10. The first kappa shape index (κ1) is 11.7. The van der Waals surface area contributed by atoms with Crippen molar-refractivity contribution in [2.75, 3.05) is 5.32 Å². The number of carbonyl (C=O) groups excluding carboxylic acids is 1. The summed E-state index contributed by atoms with van der Waals surface area (Å²) in [6, 6.07) is 1.59. The predicted octanol–water partition coefficient (Wildman–Crippen LogP) is 1.44. The van der Waals surface area contributed by atoms with Gasteiger partial charge in [0, 0.05) is 18.5 Å². The lowest BCUT2D eigenvalue weighted by atomic mass is 10.1. The highest BCUT2D eigenvalue weighted by Crippen LogP contribution is 2.08. The molecule has 0 spiro atoms. The van der Waals surface area contributed by atoms with Crippen molar-refractivity contribution in [3.05, 3.63) is 11.8 Å². The monoisotopic (exact) mass is 211 g/mol. The number of amides is 1. The second-order valence-electron chi connectivity index (χ2n) is 3.62. The van der Waals surface area contributed by atoms with Gasteiger partial charge in [0.25, 0.3) is 0 Å². The lowest BCUT2D eigenvalue weighted by Gasteiger charge is -2.08. The molecule has 1 atom stereocenters. The summed E-state index contributed by atoms with van der Waals surface area (Å²) >= 11 is 0. The molecule has 0 aliphatic heterocycles. The van der Waals surface area contributed by atoms with Gasteiger partial charge in [-0.15, -0.1) is 0 Å². The number of aromatic nitrogens is 1. The number of nitrogens with one attached hydrogen (secondary N) is 1. The molecule has 1 amide bonds. The molecule has 0 bridgehead atoms. The van der Waals surface area contributed by atoms with Crippen LogP contribution in [0.25, 0.3) is 0 Å². The summed E-state index contributed by atoms with van der Waals surface area (Å²) in [6.45, 7) is 3.81. The highest BCUT2D eigenvalue weighted by atomic mass is 16.5. The van der Waals surface area contributed by atoms with E-state index in [0.717, 1.165) is 12.8 Å². The van der Waals surface area contributed by atoms with Crippen molar-refractivity contribution in [1.82, 2.24) is 5.16 Å². The smallest absolute Gasteiger partial charge is 0.227 e. The van der Waals surface area contributed by atoms with Gasteiger partial charge in [0.1, 0.15) is 5.76 Å². The van der Waals surface area contributed by atoms with E-state index in [-0.39, 0.29) is 11.9 Å². The van der Waals surface area contributed by atoms with E-state index in [1.165, 1.54) is 0 Å². The average Bonchev–Trinajstić information content (AvgIpc) is 2.51. The second-order valence-corrected chi connectivity index (χ2v) is 3.62. The van der Waals surface area contributed by atoms with Crippen LogP contribution in [0.4, 0.5) is 5.82 Å². The van der Waals surface area contributed by atoms with E-state index >= 15 is 0 Å². The van der Waals surface area contributed by atoms with Gasteiger partial charge in [0.05, 0.1) is 0 Å². The summed E-state index contributed by atoms with van der Waals surface area (Å²) in [5.74, 6) is 0.994. The standard InChI is InChI=1S/C10H17N3O2/c1-3-4-8(11)6-10(14)12-9-5-7(2)15-13-9/h5,8H,3-4,6,11H2,1-2H3,(H,12,13,14). The maximum Gasteiger partial charge on any atom is 0.227 e. The quantitative estimate of drug-likeness (QED) is 0.772. The fourth-order valence-corrected chi connectivity index (χ4v) is 1.33. The fraction of sp³-hybridized carbons (Fsp3) is 0.600. The Morgan fingerprint density at radius 1 is 1.73 bits per heavy atom. The molecule has 0 saturated heterocycles. The molecule has 0 aliphatic rings. The molecule has 3 N–H and O–H groups in total. The maximum absolute atomic E-state index is 11.4. The van der Waals surface area contributed by atoms with Gasteiger partial charge in [-0.2, -0.15) is 0 Å². The topological polar surface area (TPSA) is 81.2 Å². The second kappa shape index (κ2) is 5.50. The molecular weight excluding hydrogens is 194 g/mol. The van der Waals surface area contributed by atoms with Crippen molar-refractivity contribution >= 4 is 11.7 Å². The summed E-state index contributed by atoms with van der Waals surface area (Å²) in [5.41, 5.74) is 5.74. The van der Waals surface area contributed by atoms with Crippen LogP contribution in [0.5, 0.6) is 0 Å². The SMILES string of the molecule is CCCC(N)CC(=O)Nc1cc(C)on1. The lowest BCUT2D eigenvalue weighted by Crippen LogP contribution is -2.26. The fourth-order valence-electron chi connectivity index (χ4n) is 1.33. The Morgan fingerprint density at radius 2 is 2.47 bits per heavy atom. The molecule has 1 aromatic heterocycles. The van der Waals surface area contributed by atoms with E-state index < -0.39 is 0 Å². The van der Waals surface area contributed by atoms with Crippen LogP contribution in [-0.2, 0) is 4.79 Å². The van der Waals surface area contributed by atoms with Crippen LogP contribution >= 0.6 is 0 Å². The number of carbonyl (C=O) groups is 1. The largest absolute Gasteiger partial charge is 0.360 e. The zero-order valence-corrected chi connectivity index (χ0v) is 9.12. The number of hydrogen-bond acceptors (Lipinski definition) is 4. The van der Waals surface area contributed by atoms with Crippen molar-refractivity contribution in [1.29, 1.82) is 0 Å². The van der Waals surface area contributed by atoms with Crippen LogP contribution in [0.3, 0.4) is 0 Å². The molecule has 15 heavy (non-hydrogen) atoms. The van der Waals surface area contributed by atoms with E-state index in [4.69, 9.17) is 10.3 Å². The third-order valence-corrected chi connectivity index (χ3v) is 2.00. The van der Waals surface area contributed by atoms with Crippen LogP contribution in [0.1, 0.15) is 31.9 Å². The molecule has 1 unspecified atom stereocenters. The van der Waals surface area contributed by atoms with E-state index in [2.05, 4.69) is 10.5 Å². The van der Waals surface area contributed by atoms with Crippen molar-refractivity contribution in [2.45, 2.75) is 39.2 Å². The molecule has 1 heterocycles. The molecule has 5 nitrogen and oxygen atoms in total. The number of nitrogens with zero attached hydrogens (tertiary/aromatic N) is 1. The Kier molecular flexibility index (Phi) is 4.30. The van der Waals surface area contributed by atoms with Gasteiger partial charge in [-0.1, -0.05) is 18.5 Å². The zero-order chi connectivity index (χ0) is 11.3. The van der Waals surface area contributed by atoms with Gasteiger partial charge in [-0.25, -0.2) is 0 Å². The summed E-state index contributed by atoms with van der Waals surface area (Å²) in [4.78, 5) is 11.4. The Bertz CT molecular complexity index is 322. The van der Waals surface area contributed by atoms with Crippen LogP contribution in [0, 0.1) is 6.92 Å². The van der Waals surface area contributed by atoms with Crippen molar-refractivity contribution < 1.29 is 9.32 Å². The van der Waals surface area contributed by atoms with Gasteiger partial charge >= 0.3 is 0 Å². The normalized spacial score (nSPS) is 12.5. The number of aryl methyl sites for hydroxylation is 1. The molecule has 5 heteroatoms. The first-order chi connectivity index (χ1) is 7.11. The molecule has 0 saturated carbocycles. The van der Waals surface area contributed by atoms with E-state index in [1.807, 2.05) is 6.92 Å². The lowest BCUT2D eigenvalue weighted by molar-refractivity contribution is -0.116. The molecule has 0 fully saturated rings. The Morgan fingerprint density at radius 3 is 3.00 bits per heavy atom. The van der Waals surface area contributed by atoms with Gasteiger partial charge in [-0.3, -0.25) is 4.79 Å². The highest BCUT2D eigenvalue weighted by Gasteiger charge is 2.10. The minimum absolute atomic E-state index is 0.0806.